The molecule has 0 heterocycles. The molecule has 0 saturated carbocycles. The Kier molecular flexibility index (Phi) is 4.76. The first-order valence-corrected chi connectivity index (χ1v) is 5.64. The molecule has 0 unspecified atom stereocenters. The van der Waals surface area contributed by atoms with Gasteiger partial charge in [0.1, 0.15) is 5.75 Å². The Morgan fingerprint density at radius 2 is 2.12 bits per heavy atom. The number of allylic oxidation sites excluding steroid dienone is 1. The molecule has 0 aliphatic rings. The highest BCUT2D eigenvalue weighted by atomic mass is 16.5. The molecule has 0 bridgehead atoms. The molecule has 0 spiro atoms. The van der Waals surface area contributed by atoms with Gasteiger partial charge in [0.05, 0.1) is 7.11 Å². The van der Waals surface area contributed by atoms with E-state index in [-0.39, 0.29) is 5.78 Å². The Balaban J connectivity index is 2.96. The Hall–Kier alpha value is -1.77. The molecule has 3 nitrogen and oxygen atoms in total. The second kappa shape index (κ2) is 6.09. The third-order valence-corrected chi connectivity index (χ3v) is 2.48. The molecule has 0 N–H and O–H groups in total. The highest BCUT2D eigenvalue weighted by Gasteiger charge is 2.07. The highest BCUT2D eigenvalue weighted by Crippen LogP contribution is 2.21. The summed E-state index contributed by atoms with van der Waals surface area (Å²) in [6.07, 6.45) is 4.19. The van der Waals surface area contributed by atoms with E-state index >= 15 is 0 Å². The molecule has 0 aliphatic carbocycles. The zero-order valence-electron chi connectivity index (χ0n) is 10.9. The lowest BCUT2D eigenvalue weighted by Gasteiger charge is -2.08. The molecule has 0 saturated heterocycles. The van der Waals surface area contributed by atoms with Gasteiger partial charge in [0, 0.05) is 31.9 Å². The second-order valence-corrected chi connectivity index (χ2v) is 4.02. The molecular weight excluding hydrogens is 214 g/mol. The number of aryl methyl sites for hydroxylation is 1. The zero-order valence-corrected chi connectivity index (χ0v) is 10.9. The van der Waals surface area contributed by atoms with E-state index < -0.39 is 0 Å². The minimum Gasteiger partial charge on any atom is -0.496 e. The molecule has 92 valence electrons. The van der Waals surface area contributed by atoms with Crippen LogP contribution in [0.15, 0.2) is 30.5 Å². The zero-order chi connectivity index (χ0) is 12.8. The summed E-state index contributed by atoms with van der Waals surface area (Å²) in [5, 5.41) is 0. The number of methoxy groups -OCH3 is 1. The van der Waals surface area contributed by atoms with Crippen molar-refractivity contribution >= 4 is 5.78 Å². The maximum Gasteiger partial charge on any atom is 0.187 e. The molecule has 17 heavy (non-hydrogen) atoms. The van der Waals surface area contributed by atoms with Gasteiger partial charge in [0.25, 0.3) is 0 Å². The van der Waals surface area contributed by atoms with Crippen LogP contribution in [0.3, 0.4) is 0 Å². The Morgan fingerprint density at radius 1 is 1.41 bits per heavy atom. The van der Waals surface area contributed by atoms with Crippen LogP contribution in [0.4, 0.5) is 0 Å². The molecule has 1 aromatic rings. The summed E-state index contributed by atoms with van der Waals surface area (Å²) in [7, 11) is 5.38. The monoisotopic (exact) mass is 233 g/mol. The molecule has 3 heteroatoms. The van der Waals surface area contributed by atoms with Crippen molar-refractivity contribution in [1.82, 2.24) is 4.90 Å². The van der Waals surface area contributed by atoms with Crippen LogP contribution in [-0.2, 0) is 6.42 Å². The molecule has 0 aromatic heterocycles. The fourth-order valence-corrected chi connectivity index (χ4v) is 1.50. The number of hydrogen-bond acceptors (Lipinski definition) is 3. The molecule has 1 rings (SSSR count). The van der Waals surface area contributed by atoms with Crippen LogP contribution in [0.5, 0.6) is 5.75 Å². The van der Waals surface area contributed by atoms with E-state index in [0.29, 0.717) is 5.56 Å². The van der Waals surface area contributed by atoms with E-state index in [1.807, 2.05) is 31.1 Å². The lowest BCUT2D eigenvalue weighted by atomic mass is 10.1. The van der Waals surface area contributed by atoms with Gasteiger partial charge in [0.2, 0.25) is 0 Å². The normalized spacial score (nSPS) is 10.6. The number of benzene rings is 1. The lowest BCUT2D eigenvalue weighted by molar-refractivity contribution is 0.104. The van der Waals surface area contributed by atoms with Gasteiger partial charge in [-0.05, 0) is 18.1 Å². The van der Waals surface area contributed by atoms with Gasteiger partial charge in [0.15, 0.2) is 5.78 Å². The van der Waals surface area contributed by atoms with E-state index in [1.165, 1.54) is 0 Å². The lowest BCUT2D eigenvalue weighted by Crippen LogP contribution is -2.03. The van der Waals surface area contributed by atoms with Gasteiger partial charge in [-0.2, -0.15) is 0 Å². The van der Waals surface area contributed by atoms with Gasteiger partial charge in [-0.25, -0.2) is 0 Å². The predicted octanol–water partition coefficient (Wildman–Crippen LogP) is 2.52. The van der Waals surface area contributed by atoms with Gasteiger partial charge < -0.3 is 9.64 Å². The van der Waals surface area contributed by atoms with Crippen LogP contribution in [0.25, 0.3) is 0 Å². The van der Waals surface area contributed by atoms with Crippen molar-refractivity contribution < 1.29 is 9.53 Å². The quantitative estimate of drug-likeness (QED) is 0.578. The average molecular weight is 233 g/mol. The van der Waals surface area contributed by atoms with Crippen molar-refractivity contribution in [2.45, 2.75) is 13.3 Å². The minimum absolute atomic E-state index is 0.0142. The number of nitrogens with zero attached hydrogens (tertiary/aromatic N) is 1. The third kappa shape index (κ3) is 3.63. The topological polar surface area (TPSA) is 29.5 Å². The molecule has 0 amide bonds. The van der Waals surface area contributed by atoms with E-state index in [2.05, 4.69) is 6.92 Å². The maximum absolute atomic E-state index is 11.8. The Morgan fingerprint density at radius 3 is 2.65 bits per heavy atom. The number of ether oxygens (including phenoxy) is 1. The number of ketones is 1. The van der Waals surface area contributed by atoms with Crippen molar-refractivity contribution in [3.8, 4) is 5.75 Å². The Bertz CT molecular complexity index is 422. The van der Waals surface area contributed by atoms with Crippen LogP contribution < -0.4 is 4.74 Å². The van der Waals surface area contributed by atoms with Crippen molar-refractivity contribution in [3.05, 3.63) is 41.6 Å². The third-order valence-electron chi connectivity index (χ3n) is 2.48. The van der Waals surface area contributed by atoms with Crippen molar-refractivity contribution in [1.29, 1.82) is 0 Å². The van der Waals surface area contributed by atoms with Crippen LogP contribution in [-0.4, -0.2) is 31.9 Å². The van der Waals surface area contributed by atoms with E-state index in [9.17, 15) is 4.79 Å². The summed E-state index contributed by atoms with van der Waals surface area (Å²) in [5.74, 6) is 0.760. The molecule has 1 aromatic carbocycles. The van der Waals surface area contributed by atoms with Crippen LogP contribution in [0, 0.1) is 0 Å². The predicted molar refractivity (Wildman–Crippen MR) is 69.5 cm³/mol. The van der Waals surface area contributed by atoms with E-state index in [1.54, 1.807) is 25.5 Å². The molecular formula is C14H19NO2. The average Bonchev–Trinajstić information content (AvgIpc) is 2.34. The smallest absolute Gasteiger partial charge is 0.187 e. The summed E-state index contributed by atoms with van der Waals surface area (Å²) < 4.78 is 5.27. The Labute approximate surface area is 103 Å². The van der Waals surface area contributed by atoms with Crippen LogP contribution in [0.2, 0.25) is 0 Å². The minimum atomic E-state index is -0.0142. The van der Waals surface area contributed by atoms with Crippen molar-refractivity contribution in [2.75, 3.05) is 21.2 Å². The van der Waals surface area contributed by atoms with Crippen molar-refractivity contribution in [3.63, 3.8) is 0 Å². The van der Waals surface area contributed by atoms with E-state index in [4.69, 9.17) is 4.74 Å². The number of rotatable bonds is 5. The van der Waals surface area contributed by atoms with Gasteiger partial charge in [-0.1, -0.05) is 19.1 Å². The fraction of sp³-hybridized carbons (Fsp3) is 0.357. The summed E-state index contributed by atoms with van der Waals surface area (Å²) in [4.78, 5) is 13.7. The first-order chi connectivity index (χ1) is 8.08. The number of carbonyl (C=O) groups excluding carboxylic acids is 1. The van der Waals surface area contributed by atoms with E-state index in [0.717, 1.165) is 17.7 Å². The number of carbonyl (C=O) groups is 1. The summed E-state index contributed by atoms with van der Waals surface area (Å²) in [5.41, 5.74) is 1.76. The highest BCUT2D eigenvalue weighted by molar-refractivity contribution is 6.04. The first-order valence-electron chi connectivity index (χ1n) is 5.64. The summed E-state index contributed by atoms with van der Waals surface area (Å²) >= 11 is 0. The van der Waals surface area contributed by atoms with Gasteiger partial charge in [-0.15, -0.1) is 0 Å². The maximum atomic E-state index is 11.8. The van der Waals surface area contributed by atoms with Crippen LogP contribution >= 0.6 is 0 Å². The number of hydrogen-bond donors (Lipinski definition) is 0. The standard InChI is InChI=1S/C14H19NO2/c1-5-11-6-7-12(10-14(11)17-4)13(16)8-9-15(2)3/h6-10H,5H2,1-4H3. The second-order valence-electron chi connectivity index (χ2n) is 4.02. The molecule has 0 aliphatic heterocycles. The molecule has 0 atom stereocenters. The fourth-order valence-electron chi connectivity index (χ4n) is 1.50. The van der Waals surface area contributed by atoms with Crippen molar-refractivity contribution in [2.24, 2.45) is 0 Å². The van der Waals surface area contributed by atoms with Gasteiger partial charge >= 0.3 is 0 Å². The first kappa shape index (κ1) is 13.3. The molecule has 0 fully saturated rings. The van der Waals surface area contributed by atoms with Crippen LogP contribution in [0.1, 0.15) is 22.8 Å². The SMILES string of the molecule is CCc1ccc(C(=O)C=CN(C)C)cc1OC. The molecule has 0 radical (unpaired) electrons. The largest absolute Gasteiger partial charge is 0.496 e. The summed E-state index contributed by atoms with van der Waals surface area (Å²) in [6, 6.07) is 5.57. The van der Waals surface area contributed by atoms with Gasteiger partial charge in [-0.3, -0.25) is 4.79 Å². The summed E-state index contributed by atoms with van der Waals surface area (Å²) in [6.45, 7) is 2.06.